The standard InChI is InChI=1S/C15H29N3O2/c1-9(2)8-17-14(19)11(4)18-15(20)13-6-5-12(16)7-10(13)3/h9-13H,5-8,16H2,1-4H3,(H,17,19)(H,18,20). The zero-order chi connectivity index (χ0) is 15.3. The van der Waals surface area contributed by atoms with Crippen molar-refractivity contribution < 1.29 is 9.59 Å². The first-order chi connectivity index (χ1) is 9.31. The van der Waals surface area contributed by atoms with Crippen LogP contribution in [0.5, 0.6) is 0 Å². The lowest BCUT2D eigenvalue weighted by Crippen LogP contribution is -2.49. The molecule has 4 N–H and O–H groups in total. The van der Waals surface area contributed by atoms with Crippen molar-refractivity contribution in [3.63, 3.8) is 0 Å². The van der Waals surface area contributed by atoms with Gasteiger partial charge in [0.1, 0.15) is 6.04 Å². The van der Waals surface area contributed by atoms with Gasteiger partial charge in [0.2, 0.25) is 11.8 Å². The highest BCUT2D eigenvalue weighted by Gasteiger charge is 2.32. The molecule has 5 heteroatoms. The lowest BCUT2D eigenvalue weighted by molar-refractivity contribution is -0.132. The van der Waals surface area contributed by atoms with Crippen LogP contribution in [0.4, 0.5) is 0 Å². The van der Waals surface area contributed by atoms with Gasteiger partial charge in [-0.2, -0.15) is 0 Å². The molecule has 0 radical (unpaired) electrons. The van der Waals surface area contributed by atoms with E-state index in [1.54, 1.807) is 6.92 Å². The summed E-state index contributed by atoms with van der Waals surface area (Å²) in [6, 6.07) is -0.273. The van der Waals surface area contributed by atoms with E-state index in [-0.39, 0.29) is 29.7 Å². The minimum absolute atomic E-state index is 0.0170. The molecule has 2 amide bonds. The maximum Gasteiger partial charge on any atom is 0.242 e. The van der Waals surface area contributed by atoms with Gasteiger partial charge in [0, 0.05) is 18.5 Å². The summed E-state index contributed by atoms with van der Waals surface area (Å²) in [5.74, 6) is 0.533. The van der Waals surface area contributed by atoms with E-state index in [9.17, 15) is 9.59 Å². The maximum atomic E-state index is 12.2. The molecule has 0 aromatic carbocycles. The molecule has 1 rings (SSSR count). The highest BCUT2D eigenvalue weighted by molar-refractivity contribution is 5.88. The summed E-state index contributed by atoms with van der Waals surface area (Å²) in [5.41, 5.74) is 5.91. The smallest absolute Gasteiger partial charge is 0.242 e. The van der Waals surface area contributed by atoms with Crippen molar-refractivity contribution in [1.82, 2.24) is 10.6 Å². The molecule has 1 fully saturated rings. The molecule has 116 valence electrons. The summed E-state index contributed by atoms with van der Waals surface area (Å²) in [7, 11) is 0. The number of amides is 2. The van der Waals surface area contributed by atoms with E-state index in [0.717, 1.165) is 19.3 Å². The van der Waals surface area contributed by atoms with Gasteiger partial charge in [-0.15, -0.1) is 0 Å². The third-order valence-electron chi connectivity index (χ3n) is 3.98. The first-order valence-electron chi connectivity index (χ1n) is 7.65. The van der Waals surface area contributed by atoms with Crippen LogP contribution >= 0.6 is 0 Å². The zero-order valence-corrected chi connectivity index (χ0v) is 13.1. The maximum absolute atomic E-state index is 12.2. The number of nitrogens with one attached hydrogen (secondary N) is 2. The summed E-state index contributed by atoms with van der Waals surface area (Å²) in [4.78, 5) is 24.1. The molecule has 1 saturated carbocycles. The second-order valence-electron chi connectivity index (χ2n) is 6.53. The van der Waals surface area contributed by atoms with E-state index in [4.69, 9.17) is 5.73 Å². The Hall–Kier alpha value is -1.10. The van der Waals surface area contributed by atoms with Crippen molar-refractivity contribution in [2.45, 2.75) is 59.0 Å². The minimum Gasteiger partial charge on any atom is -0.354 e. The van der Waals surface area contributed by atoms with Gasteiger partial charge in [-0.3, -0.25) is 9.59 Å². The van der Waals surface area contributed by atoms with Gasteiger partial charge in [0.15, 0.2) is 0 Å². The van der Waals surface area contributed by atoms with Crippen LogP contribution in [0.25, 0.3) is 0 Å². The van der Waals surface area contributed by atoms with Crippen LogP contribution in [0.1, 0.15) is 47.0 Å². The van der Waals surface area contributed by atoms with Gasteiger partial charge in [-0.1, -0.05) is 20.8 Å². The molecule has 4 unspecified atom stereocenters. The van der Waals surface area contributed by atoms with Crippen LogP contribution in [0.3, 0.4) is 0 Å². The number of nitrogens with two attached hydrogens (primary N) is 1. The molecule has 0 bridgehead atoms. The fourth-order valence-electron chi connectivity index (χ4n) is 2.67. The lowest BCUT2D eigenvalue weighted by Gasteiger charge is -2.32. The molecule has 5 nitrogen and oxygen atoms in total. The summed E-state index contributed by atoms with van der Waals surface area (Å²) in [6.07, 6.45) is 2.58. The lowest BCUT2D eigenvalue weighted by atomic mass is 9.77. The van der Waals surface area contributed by atoms with Crippen molar-refractivity contribution in [1.29, 1.82) is 0 Å². The third kappa shape index (κ3) is 5.12. The molecule has 1 aliphatic carbocycles. The first kappa shape index (κ1) is 17.0. The van der Waals surface area contributed by atoms with E-state index < -0.39 is 6.04 Å². The number of hydrogen-bond donors (Lipinski definition) is 3. The molecule has 0 aromatic heterocycles. The molecular weight excluding hydrogens is 254 g/mol. The Bertz CT molecular complexity index is 344. The van der Waals surface area contributed by atoms with Gasteiger partial charge in [0.25, 0.3) is 0 Å². The van der Waals surface area contributed by atoms with E-state index >= 15 is 0 Å². The van der Waals surface area contributed by atoms with Crippen LogP contribution in [-0.2, 0) is 9.59 Å². The Morgan fingerprint density at radius 2 is 1.90 bits per heavy atom. The number of rotatable bonds is 5. The number of carbonyl (C=O) groups is 2. The number of carbonyl (C=O) groups excluding carboxylic acids is 2. The summed E-state index contributed by atoms with van der Waals surface area (Å²) < 4.78 is 0. The molecule has 0 spiro atoms. The van der Waals surface area contributed by atoms with Gasteiger partial charge in [0.05, 0.1) is 0 Å². The third-order valence-corrected chi connectivity index (χ3v) is 3.98. The Morgan fingerprint density at radius 3 is 2.45 bits per heavy atom. The molecule has 0 aliphatic heterocycles. The summed E-state index contributed by atoms with van der Waals surface area (Å²) >= 11 is 0. The van der Waals surface area contributed by atoms with Crippen LogP contribution in [0, 0.1) is 17.8 Å². The van der Waals surface area contributed by atoms with Crippen molar-refractivity contribution in [2.75, 3.05) is 6.54 Å². The van der Waals surface area contributed by atoms with Crippen molar-refractivity contribution in [2.24, 2.45) is 23.5 Å². The molecule has 0 aromatic rings. The second-order valence-corrected chi connectivity index (χ2v) is 6.53. The van der Waals surface area contributed by atoms with Crippen LogP contribution in [-0.4, -0.2) is 30.4 Å². The van der Waals surface area contributed by atoms with Crippen molar-refractivity contribution in [3.05, 3.63) is 0 Å². The molecule has 1 aliphatic rings. The normalized spacial score (nSPS) is 28.0. The average Bonchev–Trinajstić information content (AvgIpc) is 2.35. The Labute approximate surface area is 122 Å². The molecule has 0 heterocycles. The van der Waals surface area contributed by atoms with E-state index in [2.05, 4.69) is 17.6 Å². The predicted molar refractivity (Wildman–Crippen MR) is 79.9 cm³/mol. The van der Waals surface area contributed by atoms with Crippen LogP contribution in [0.2, 0.25) is 0 Å². The SMILES string of the molecule is CC(C)CNC(=O)C(C)NC(=O)C1CCC(N)CC1C. The fraction of sp³-hybridized carbons (Fsp3) is 0.867. The van der Waals surface area contributed by atoms with Gasteiger partial charge < -0.3 is 16.4 Å². The van der Waals surface area contributed by atoms with E-state index in [1.165, 1.54) is 0 Å². The monoisotopic (exact) mass is 283 g/mol. The largest absolute Gasteiger partial charge is 0.354 e. The molecule has 20 heavy (non-hydrogen) atoms. The first-order valence-corrected chi connectivity index (χ1v) is 7.65. The molecule has 0 saturated heterocycles. The number of hydrogen-bond acceptors (Lipinski definition) is 3. The highest BCUT2D eigenvalue weighted by atomic mass is 16.2. The van der Waals surface area contributed by atoms with Gasteiger partial charge in [-0.25, -0.2) is 0 Å². The Morgan fingerprint density at radius 1 is 1.25 bits per heavy atom. The Kier molecular flexibility index (Phi) is 6.46. The summed E-state index contributed by atoms with van der Waals surface area (Å²) in [6.45, 7) is 8.50. The quantitative estimate of drug-likeness (QED) is 0.704. The van der Waals surface area contributed by atoms with Crippen molar-refractivity contribution >= 4 is 11.8 Å². The summed E-state index contributed by atoms with van der Waals surface area (Å²) in [5, 5.41) is 5.66. The highest BCUT2D eigenvalue weighted by Crippen LogP contribution is 2.29. The Balaban J connectivity index is 2.42. The van der Waals surface area contributed by atoms with Gasteiger partial charge in [-0.05, 0) is 38.0 Å². The second kappa shape index (κ2) is 7.62. The zero-order valence-electron chi connectivity index (χ0n) is 13.1. The van der Waals surface area contributed by atoms with Crippen molar-refractivity contribution in [3.8, 4) is 0 Å². The fourth-order valence-corrected chi connectivity index (χ4v) is 2.67. The molecule has 4 atom stereocenters. The topological polar surface area (TPSA) is 84.2 Å². The van der Waals surface area contributed by atoms with E-state index in [0.29, 0.717) is 12.5 Å². The van der Waals surface area contributed by atoms with E-state index in [1.807, 2.05) is 13.8 Å². The van der Waals surface area contributed by atoms with Crippen LogP contribution in [0.15, 0.2) is 0 Å². The van der Waals surface area contributed by atoms with Gasteiger partial charge >= 0.3 is 0 Å². The molecular formula is C15H29N3O2. The van der Waals surface area contributed by atoms with Crippen LogP contribution < -0.4 is 16.4 Å². The average molecular weight is 283 g/mol. The minimum atomic E-state index is -0.482. The predicted octanol–water partition coefficient (Wildman–Crippen LogP) is 1.03.